The average molecular weight is 421 g/mol. The van der Waals surface area contributed by atoms with Gasteiger partial charge in [-0.05, 0) is 57.9 Å². The first-order valence-corrected chi connectivity index (χ1v) is 8.71. The van der Waals surface area contributed by atoms with Gasteiger partial charge in [0.2, 0.25) is 0 Å². The number of amides is 1. The number of aromatic nitrogens is 2. The van der Waals surface area contributed by atoms with Gasteiger partial charge >= 0.3 is 0 Å². The molecular formula is C18H15BrClN3O2. The molecule has 1 aromatic heterocycles. The maximum atomic E-state index is 12.1. The van der Waals surface area contributed by atoms with E-state index in [1.807, 2.05) is 41.2 Å². The number of rotatable bonds is 6. The number of halogens is 2. The lowest BCUT2D eigenvalue weighted by atomic mass is 10.2. The summed E-state index contributed by atoms with van der Waals surface area (Å²) in [7, 11) is 0. The normalized spacial score (nSPS) is 10.5. The summed E-state index contributed by atoms with van der Waals surface area (Å²) in [6.45, 7) is 0.550. The van der Waals surface area contributed by atoms with Crippen LogP contribution in [0.3, 0.4) is 0 Å². The molecule has 1 N–H and O–H groups in total. The molecule has 1 heterocycles. The highest BCUT2D eigenvalue weighted by atomic mass is 79.9. The number of nitrogens with zero attached hydrogens (tertiary/aromatic N) is 2. The molecule has 3 rings (SSSR count). The summed E-state index contributed by atoms with van der Waals surface area (Å²) in [5.41, 5.74) is 1.76. The number of nitrogens with one attached hydrogen (secondary N) is 1. The molecule has 0 spiro atoms. The van der Waals surface area contributed by atoms with Crippen molar-refractivity contribution < 1.29 is 9.53 Å². The highest BCUT2D eigenvalue weighted by molar-refractivity contribution is 9.10. The SMILES string of the molecule is O=C(COc1ccc(Cl)cc1Br)Nc1cccc(Cn2cccn2)c1. The van der Waals surface area contributed by atoms with Crippen molar-refractivity contribution in [3.05, 3.63) is 76.0 Å². The van der Waals surface area contributed by atoms with E-state index >= 15 is 0 Å². The van der Waals surface area contributed by atoms with Gasteiger partial charge in [0.25, 0.3) is 5.91 Å². The molecule has 25 heavy (non-hydrogen) atoms. The minimum atomic E-state index is -0.238. The maximum Gasteiger partial charge on any atom is 0.262 e. The maximum absolute atomic E-state index is 12.1. The Bertz CT molecular complexity index is 869. The summed E-state index contributed by atoms with van der Waals surface area (Å²) in [4.78, 5) is 12.1. The van der Waals surface area contributed by atoms with Gasteiger partial charge in [-0.25, -0.2) is 0 Å². The zero-order valence-corrected chi connectivity index (χ0v) is 15.5. The molecule has 7 heteroatoms. The summed E-state index contributed by atoms with van der Waals surface area (Å²) in [6.07, 6.45) is 3.63. The van der Waals surface area contributed by atoms with Crippen LogP contribution in [0.2, 0.25) is 5.02 Å². The van der Waals surface area contributed by atoms with Gasteiger partial charge < -0.3 is 10.1 Å². The summed E-state index contributed by atoms with van der Waals surface area (Å²) in [5.74, 6) is 0.324. The monoisotopic (exact) mass is 419 g/mol. The summed E-state index contributed by atoms with van der Waals surface area (Å²) in [6, 6.07) is 14.6. The van der Waals surface area contributed by atoms with Crippen LogP contribution in [0.1, 0.15) is 5.56 Å². The van der Waals surface area contributed by atoms with Crippen molar-refractivity contribution in [2.75, 3.05) is 11.9 Å². The molecule has 0 fully saturated rings. The van der Waals surface area contributed by atoms with E-state index in [0.29, 0.717) is 27.5 Å². The van der Waals surface area contributed by atoms with E-state index in [0.717, 1.165) is 5.56 Å². The Morgan fingerprint density at radius 1 is 1.24 bits per heavy atom. The largest absolute Gasteiger partial charge is 0.483 e. The van der Waals surface area contributed by atoms with Gasteiger partial charge in [-0.1, -0.05) is 23.7 Å². The number of hydrogen-bond acceptors (Lipinski definition) is 3. The van der Waals surface area contributed by atoms with Gasteiger partial charge in [0.05, 0.1) is 11.0 Å². The molecule has 0 atom stereocenters. The number of carbonyl (C=O) groups is 1. The predicted molar refractivity (Wildman–Crippen MR) is 101 cm³/mol. The van der Waals surface area contributed by atoms with Crippen molar-refractivity contribution >= 4 is 39.1 Å². The van der Waals surface area contributed by atoms with Gasteiger partial charge in [-0.2, -0.15) is 5.10 Å². The molecule has 128 valence electrons. The van der Waals surface area contributed by atoms with Gasteiger partial charge in [-0.3, -0.25) is 9.48 Å². The van der Waals surface area contributed by atoms with Crippen LogP contribution in [0.4, 0.5) is 5.69 Å². The molecule has 0 unspecified atom stereocenters. The lowest BCUT2D eigenvalue weighted by Crippen LogP contribution is -2.20. The Morgan fingerprint density at radius 3 is 2.88 bits per heavy atom. The summed E-state index contributed by atoms with van der Waals surface area (Å²) < 4.78 is 8.03. The first-order chi connectivity index (χ1) is 12.1. The second-order valence-electron chi connectivity index (χ2n) is 5.32. The van der Waals surface area contributed by atoms with Crippen molar-refractivity contribution in [3.63, 3.8) is 0 Å². The van der Waals surface area contributed by atoms with Crippen molar-refractivity contribution in [3.8, 4) is 5.75 Å². The van der Waals surface area contributed by atoms with Crippen LogP contribution in [0.25, 0.3) is 0 Å². The molecule has 3 aromatic rings. The summed E-state index contributed by atoms with van der Waals surface area (Å²) >= 11 is 9.23. The fourth-order valence-corrected chi connectivity index (χ4v) is 3.06. The lowest BCUT2D eigenvalue weighted by molar-refractivity contribution is -0.118. The van der Waals surface area contributed by atoms with Crippen molar-refractivity contribution in [1.29, 1.82) is 0 Å². The minimum Gasteiger partial charge on any atom is -0.483 e. The first kappa shape index (κ1) is 17.5. The Kier molecular flexibility index (Phi) is 5.73. The molecule has 0 aliphatic carbocycles. The molecule has 0 bridgehead atoms. The highest BCUT2D eigenvalue weighted by Crippen LogP contribution is 2.27. The van der Waals surface area contributed by atoms with E-state index in [9.17, 15) is 4.79 Å². The Balaban J connectivity index is 1.57. The number of hydrogen-bond donors (Lipinski definition) is 1. The standard InChI is InChI=1S/C18H15BrClN3O2/c19-16-10-14(20)5-6-17(16)25-12-18(24)22-15-4-1-3-13(9-15)11-23-8-2-7-21-23/h1-10H,11-12H2,(H,22,24). The van der Waals surface area contributed by atoms with Gasteiger partial charge in [0.1, 0.15) is 5.75 Å². The number of carbonyl (C=O) groups excluding carboxylic acids is 1. The second-order valence-corrected chi connectivity index (χ2v) is 6.61. The van der Waals surface area contributed by atoms with Crippen molar-refractivity contribution in [2.45, 2.75) is 6.54 Å². The smallest absolute Gasteiger partial charge is 0.262 e. The Hall–Kier alpha value is -2.31. The number of ether oxygens (including phenoxy) is 1. The van der Waals surface area contributed by atoms with Crippen LogP contribution in [0, 0.1) is 0 Å². The predicted octanol–water partition coefficient (Wildman–Crippen LogP) is 4.36. The molecule has 5 nitrogen and oxygen atoms in total. The third-order valence-electron chi connectivity index (χ3n) is 3.37. The van der Waals surface area contributed by atoms with Crippen LogP contribution in [-0.4, -0.2) is 22.3 Å². The topological polar surface area (TPSA) is 56.1 Å². The van der Waals surface area contributed by atoms with Crippen molar-refractivity contribution in [2.24, 2.45) is 0 Å². The lowest BCUT2D eigenvalue weighted by Gasteiger charge is -2.10. The fraction of sp³-hybridized carbons (Fsp3) is 0.111. The first-order valence-electron chi connectivity index (χ1n) is 7.54. The Labute approximate surface area is 158 Å². The molecule has 0 saturated carbocycles. The minimum absolute atomic E-state index is 0.0936. The molecular weight excluding hydrogens is 406 g/mol. The molecule has 0 radical (unpaired) electrons. The number of benzene rings is 2. The third kappa shape index (κ3) is 5.08. The molecule has 2 aromatic carbocycles. The van der Waals surface area contributed by atoms with E-state index in [1.54, 1.807) is 24.4 Å². The zero-order valence-electron chi connectivity index (χ0n) is 13.2. The third-order valence-corrected chi connectivity index (χ3v) is 4.22. The number of anilines is 1. The molecule has 0 aliphatic rings. The van der Waals surface area contributed by atoms with Gasteiger partial charge in [0.15, 0.2) is 6.61 Å². The van der Waals surface area contributed by atoms with E-state index in [2.05, 4.69) is 26.3 Å². The van der Waals surface area contributed by atoms with Crippen LogP contribution in [-0.2, 0) is 11.3 Å². The van der Waals surface area contributed by atoms with Crippen molar-refractivity contribution in [1.82, 2.24) is 9.78 Å². The molecule has 0 aliphatic heterocycles. The summed E-state index contributed by atoms with van der Waals surface area (Å²) in [5, 5.41) is 7.60. The molecule has 1 amide bonds. The van der Waals surface area contributed by atoms with Gasteiger partial charge in [-0.15, -0.1) is 0 Å². The fourth-order valence-electron chi connectivity index (χ4n) is 2.26. The second kappa shape index (κ2) is 8.18. The average Bonchev–Trinajstić information content (AvgIpc) is 3.07. The Morgan fingerprint density at radius 2 is 2.12 bits per heavy atom. The van der Waals surface area contributed by atoms with E-state index in [-0.39, 0.29) is 12.5 Å². The molecule has 0 saturated heterocycles. The van der Waals surface area contributed by atoms with Crippen LogP contribution < -0.4 is 10.1 Å². The van der Waals surface area contributed by atoms with Gasteiger partial charge in [0, 0.05) is 23.1 Å². The van der Waals surface area contributed by atoms with Crippen LogP contribution in [0.5, 0.6) is 5.75 Å². The van der Waals surface area contributed by atoms with Crippen LogP contribution >= 0.6 is 27.5 Å². The van der Waals surface area contributed by atoms with E-state index in [1.165, 1.54) is 0 Å². The zero-order chi connectivity index (χ0) is 17.6. The highest BCUT2D eigenvalue weighted by Gasteiger charge is 2.07. The quantitative estimate of drug-likeness (QED) is 0.644. The van der Waals surface area contributed by atoms with E-state index < -0.39 is 0 Å². The van der Waals surface area contributed by atoms with Crippen LogP contribution in [0.15, 0.2) is 65.4 Å². The van der Waals surface area contributed by atoms with E-state index in [4.69, 9.17) is 16.3 Å².